The first-order valence-corrected chi connectivity index (χ1v) is 47.5. The van der Waals surface area contributed by atoms with E-state index in [1.807, 2.05) is 0 Å². The minimum atomic E-state index is 1.16. The zero-order valence-electron chi connectivity index (χ0n) is 75.3. The summed E-state index contributed by atoms with van der Waals surface area (Å²) < 4.78 is 14.4. The normalized spacial score (nSPS) is 11.8. The number of hydrogen-bond acceptors (Lipinski definition) is 0. The fourth-order valence-corrected chi connectivity index (χ4v) is 22.1. The molecule has 644 valence electrons. The monoisotopic (exact) mass is 1750 g/mol. The molecule has 23 aromatic carbocycles. The largest absolute Gasteiger partial charge is 0.309 e. The molecule has 6 heteroatoms. The Kier molecular flexibility index (Phi) is 18.9. The minimum absolute atomic E-state index is 1.16. The van der Waals surface area contributed by atoms with E-state index < -0.39 is 0 Å². The predicted molar refractivity (Wildman–Crippen MR) is 585 cm³/mol. The topological polar surface area (TPSA) is 29.6 Å². The van der Waals surface area contributed by atoms with E-state index in [4.69, 9.17) is 0 Å². The van der Waals surface area contributed by atoms with Gasteiger partial charge in [-0.25, -0.2) is 0 Å². The van der Waals surface area contributed by atoms with Crippen molar-refractivity contribution in [2.75, 3.05) is 0 Å². The summed E-state index contributed by atoms with van der Waals surface area (Å²) in [7, 11) is 0. The Balaban J connectivity index is 0.000000105. The van der Waals surface area contributed by atoms with Gasteiger partial charge in [0.15, 0.2) is 0 Å². The van der Waals surface area contributed by atoms with Gasteiger partial charge in [-0.1, -0.05) is 352 Å². The number of rotatable bonds is 11. The zero-order chi connectivity index (χ0) is 90.8. The molecule has 6 heterocycles. The van der Waals surface area contributed by atoms with Crippen molar-refractivity contribution >= 4 is 163 Å². The van der Waals surface area contributed by atoms with Gasteiger partial charge < -0.3 is 27.4 Å². The van der Waals surface area contributed by atoms with E-state index in [0.29, 0.717) is 0 Å². The molecule has 0 saturated heterocycles. The molecule has 29 aromatic rings. The average Bonchev–Trinajstić information content (AvgIpc) is 1.58. The van der Waals surface area contributed by atoms with Crippen LogP contribution in [0.3, 0.4) is 0 Å². The summed E-state index contributed by atoms with van der Waals surface area (Å²) in [5, 5.41) is 22.7. The summed E-state index contributed by atoms with van der Waals surface area (Å²) in [5.41, 5.74) is 33.9. The molecule has 29 rings (SSSR count). The number of fused-ring (bicyclic) bond motifs is 21. The Bertz CT molecular complexity index is 9900. The van der Waals surface area contributed by atoms with Crippen LogP contribution in [0, 0.1) is 0 Å². The lowest BCUT2D eigenvalue weighted by Crippen LogP contribution is -1.95. The van der Waals surface area contributed by atoms with E-state index in [1.54, 1.807) is 0 Å². The van der Waals surface area contributed by atoms with Crippen molar-refractivity contribution in [2.45, 2.75) is 0 Å². The average molecular weight is 1760 g/mol. The van der Waals surface area contributed by atoms with Crippen LogP contribution in [-0.2, 0) is 0 Å². The maximum Gasteiger partial charge on any atom is 0.0541 e. The second-order valence-corrected chi connectivity index (χ2v) is 36.2. The van der Waals surface area contributed by atoms with Gasteiger partial charge in [-0.2, -0.15) is 0 Å². The highest BCUT2D eigenvalue weighted by atomic mass is 15.0. The highest BCUT2D eigenvalue weighted by Gasteiger charge is 2.24. The molecule has 0 aliphatic heterocycles. The molecule has 138 heavy (non-hydrogen) atoms. The van der Waals surface area contributed by atoms with E-state index in [0.717, 1.165) is 11.4 Å². The lowest BCUT2D eigenvalue weighted by molar-refractivity contribution is 1.18. The smallest absolute Gasteiger partial charge is 0.0541 e. The van der Waals surface area contributed by atoms with Crippen molar-refractivity contribution in [1.29, 1.82) is 0 Å². The summed E-state index contributed by atoms with van der Waals surface area (Å²) in [4.78, 5) is 0. The fraction of sp³-hybridized carbons (Fsp3) is 0. The van der Waals surface area contributed by atoms with E-state index in [9.17, 15) is 0 Å². The molecular weight excluding hydrogens is 1670 g/mol. The lowest BCUT2D eigenvalue weighted by atomic mass is 10.0. The van der Waals surface area contributed by atoms with Gasteiger partial charge in [0, 0.05) is 98.2 Å². The van der Waals surface area contributed by atoms with Crippen LogP contribution in [0.25, 0.3) is 253 Å². The first-order chi connectivity index (χ1) is 68.5. The molecule has 0 aliphatic rings. The first kappa shape index (κ1) is 79.4. The fourth-order valence-electron chi connectivity index (χ4n) is 22.1. The number of nitrogens with zero attached hydrogens (tertiary/aromatic N) is 6. The van der Waals surface area contributed by atoms with Crippen LogP contribution < -0.4 is 0 Å². The third-order valence-electron chi connectivity index (χ3n) is 28.5. The highest BCUT2D eigenvalue weighted by molar-refractivity contribution is 6.18. The highest BCUT2D eigenvalue weighted by Crippen LogP contribution is 2.46. The second kappa shape index (κ2) is 32.8. The molecule has 0 amide bonds. The van der Waals surface area contributed by atoms with Crippen molar-refractivity contribution in [3.63, 3.8) is 0 Å². The van der Waals surface area contributed by atoms with Crippen LogP contribution >= 0.6 is 0 Å². The second-order valence-electron chi connectivity index (χ2n) is 36.2. The van der Waals surface area contributed by atoms with Crippen molar-refractivity contribution in [1.82, 2.24) is 27.4 Å². The van der Waals surface area contributed by atoms with E-state index in [1.165, 1.54) is 242 Å². The number of hydrogen-bond donors (Lipinski definition) is 0. The van der Waals surface area contributed by atoms with Crippen LogP contribution in [0.2, 0.25) is 0 Å². The van der Waals surface area contributed by atoms with Crippen LogP contribution in [0.1, 0.15) is 0 Å². The molecule has 0 fully saturated rings. The molecule has 0 atom stereocenters. The molecule has 6 aromatic heterocycles. The summed E-state index contributed by atoms with van der Waals surface area (Å²) >= 11 is 0. The van der Waals surface area contributed by atoms with Gasteiger partial charge in [-0.15, -0.1) is 0 Å². The van der Waals surface area contributed by atoms with Gasteiger partial charge in [-0.3, -0.25) is 0 Å². The molecule has 0 spiro atoms. The molecule has 0 N–H and O–H groups in total. The Morgan fingerprint density at radius 1 is 0.0942 bits per heavy atom. The Labute approximate surface area is 796 Å². The first-order valence-electron chi connectivity index (χ1n) is 47.5. The molecule has 0 radical (unpaired) electrons. The standard InChI is InChI=1S/2C46H30N2.C40H26N2/c1-2-12-31(13-3-1)33-16-10-17-36(28-33)47-43-21-8-6-19-38(43)40-29-34(24-26-45(40)47)35-25-27-46-41(30-35)39-20-7-9-22-44(39)48(46)42-23-11-15-32-14-4-5-18-37(32)42;1-2-10-31(11-3-1)33-18-23-37(24-19-33)47-43-16-8-6-14-39(43)41-29-35(21-26-45(41)47)36-22-27-46-42(30-36)40-15-7-9-17-44(40)48(46)38-25-20-32-12-4-5-13-34(32)28-38;1-2-13-30(14-3-1)41-37-18-8-6-16-32(37)34-25-28(21-23-39(34)41)29-22-24-40-35(26-29)33-17-7-9-19-38(33)42(40)36-20-10-12-27-11-4-5-15-31(27)36/h2*1-30H;1-26H. The van der Waals surface area contributed by atoms with Crippen molar-refractivity contribution < 1.29 is 0 Å². The van der Waals surface area contributed by atoms with Crippen molar-refractivity contribution in [3.05, 3.63) is 522 Å². The molecule has 0 bridgehead atoms. The van der Waals surface area contributed by atoms with Crippen molar-refractivity contribution in [3.8, 4) is 89.8 Å². The quantitative estimate of drug-likeness (QED) is 0.124. The van der Waals surface area contributed by atoms with Crippen LogP contribution in [0.4, 0.5) is 0 Å². The molecular formula is C132H86N6. The lowest BCUT2D eigenvalue weighted by Gasteiger charge is -2.12. The minimum Gasteiger partial charge on any atom is -0.309 e. The molecule has 0 saturated carbocycles. The number of para-hydroxylation sites is 7. The summed E-state index contributed by atoms with van der Waals surface area (Å²) in [6, 6.07) is 190. The third-order valence-corrected chi connectivity index (χ3v) is 28.5. The van der Waals surface area contributed by atoms with E-state index >= 15 is 0 Å². The summed E-state index contributed by atoms with van der Waals surface area (Å²) in [6.45, 7) is 0. The summed E-state index contributed by atoms with van der Waals surface area (Å²) in [6.07, 6.45) is 0. The van der Waals surface area contributed by atoms with Crippen LogP contribution in [-0.4, -0.2) is 27.4 Å². The molecule has 0 unspecified atom stereocenters. The van der Waals surface area contributed by atoms with E-state index in [-0.39, 0.29) is 0 Å². The van der Waals surface area contributed by atoms with Gasteiger partial charge >= 0.3 is 0 Å². The van der Waals surface area contributed by atoms with Gasteiger partial charge in [-0.05, 0) is 247 Å². The van der Waals surface area contributed by atoms with Crippen LogP contribution in [0.5, 0.6) is 0 Å². The van der Waals surface area contributed by atoms with Crippen molar-refractivity contribution in [2.24, 2.45) is 0 Å². The van der Waals surface area contributed by atoms with E-state index in [2.05, 4.69) is 549 Å². The third kappa shape index (κ3) is 13.2. The Hall–Kier alpha value is -18.4. The predicted octanol–water partition coefficient (Wildman–Crippen LogP) is 35.4. The number of benzene rings is 23. The van der Waals surface area contributed by atoms with Gasteiger partial charge in [0.1, 0.15) is 0 Å². The van der Waals surface area contributed by atoms with Gasteiger partial charge in [0.2, 0.25) is 0 Å². The van der Waals surface area contributed by atoms with Crippen LogP contribution in [0.15, 0.2) is 522 Å². The molecule has 0 aliphatic carbocycles. The maximum atomic E-state index is 2.43. The summed E-state index contributed by atoms with van der Waals surface area (Å²) in [5.74, 6) is 0. The maximum absolute atomic E-state index is 2.43. The van der Waals surface area contributed by atoms with Gasteiger partial charge in [0.05, 0.1) is 77.6 Å². The van der Waals surface area contributed by atoms with Gasteiger partial charge in [0.25, 0.3) is 0 Å². The number of aromatic nitrogens is 6. The zero-order valence-corrected chi connectivity index (χ0v) is 75.3. The Morgan fingerprint density at radius 3 is 0.688 bits per heavy atom. The SMILES string of the molecule is c1ccc(-c2ccc(-n3c4ccccc4c4cc(-c5ccc6c(c5)c5ccccc5n6-c5ccc6ccccc6c5)ccc43)cc2)cc1.c1ccc(-c2cccc(-n3c4ccccc4c4cc(-c5ccc6c(c5)c5ccccc5n6-c5cccc6ccccc56)ccc43)c2)cc1.c1ccc(-n2c3ccccc3c3cc(-c4ccc5c(c4)c4ccccc4n5-c4cccc5ccccc45)ccc32)cc1. The Morgan fingerprint density at radius 2 is 0.312 bits per heavy atom. The molecule has 6 nitrogen and oxygen atoms in total.